The molecule has 0 atom stereocenters. The summed E-state index contributed by atoms with van der Waals surface area (Å²) in [5.74, 6) is 4.61. The highest BCUT2D eigenvalue weighted by Gasteiger charge is 2.23. The van der Waals surface area contributed by atoms with Crippen molar-refractivity contribution in [3.8, 4) is 11.8 Å². The molecular formula is C8H7F3. The van der Waals surface area contributed by atoms with Crippen molar-refractivity contribution in [3.63, 3.8) is 0 Å². The van der Waals surface area contributed by atoms with Crippen LogP contribution in [0.4, 0.5) is 13.2 Å². The summed E-state index contributed by atoms with van der Waals surface area (Å²) in [6.07, 6.45) is -3.12. The van der Waals surface area contributed by atoms with Crippen molar-refractivity contribution in [1.82, 2.24) is 0 Å². The third-order valence-corrected chi connectivity index (χ3v) is 0.808. The van der Waals surface area contributed by atoms with Gasteiger partial charge < -0.3 is 0 Å². The van der Waals surface area contributed by atoms with Gasteiger partial charge in [-0.05, 0) is 6.92 Å². The van der Waals surface area contributed by atoms with Crippen LogP contribution in [0.3, 0.4) is 0 Å². The lowest BCUT2D eigenvalue weighted by Crippen LogP contribution is -2.02. The van der Waals surface area contributed by atoms with Gasteiger partial charge in [0, 0.05) is 11.6 Å². The standard InChI is InChI=1S/C8H7F3/c1-3-5-7(4-2)6-8(9,10)11/h4,6H,2H2,1H3/b7-6-. The topological polar surface area (TPSA) is 0 Å². The van der Waals surface area contributed by atoms with Crippen LogP contribution in [0.1, 0.15) is 6.92 Å². The first kappa shape index (κ1) is 9.83. The van der Waals surface area contributed by atoms with Crippen LogP contribution >= 0.6 is 0 Å². The van der Waals surface area contributed by atoms with Crippen molar-refractivity contribution in [2.24, 2.45) is 0 Å². The van der Waals surface area contributed by atoms with Crippen LogP contribution in [-0.2, 0) is 0 Å². The van der Waals surface area contributed by atoms with Crippen molar-refractivity contribution < 1.29 is 13.2 Å². The summed E-state index contributed by atoms with van der Waals surface area (Å²) < 4.78 is 34.9. The minimum absolute atomic E-state index is 0.111. The van der Waals surface area contributed by atoms with E-state index in [0.29, 0.717) is 0 Å². The molecule has 60 valence electrons. The minimum atomic E-state index is -4.31. The molecule has 0 saturated heterocycles. The molecule has 0 rings (SSSR count). The number of halogens is 3. The van der Waals surface area contributed by atoms with Gasteiger partial charge in [0.25, 0.3) is 0 Å². The molecule has 0 radical (unpaired) electrons. The number of hydrogen-bond donors (Lipinski definition) is 0. The highest BCUT2D eigenvalue weighted by Crippen LogP contribution is 2.18. The quantitative estimate of drug-likeness (QED) is 0.408. The molecule has 0 aromatic heterocycles. The van der Waals surface area contributed by atoms with E-state index in [1.54, 1.807) is 0 Å². The maximum atomic E-state index is 11.6. The van der Waals surface area contributed by atoms with Crippen molar-refractivity contribution in [3.05, 3.63) is 24.3 Å². The van der Waals surface area contributed by atoms with E-state index in [9.17, 15) is 13.2 Å². The minimum Gasteiger partial charge on any atom is -0.167 e. The van der Waals surface area contributed by atoms with Gasteiger partial charge in [-0.3, -0.25) is 0 Å². The Labute approximate surface area is 63.4 Å². The van der Waals surface area contributed by atoms with E-state index in [1.807, 2.05) is 0 Å². The van der Waals surface area contributed by atoms with Crippen LogP contribution in [0.5, 0.6) is 0 Å². The first-order valence-corrected chi connectivity index (χ1v) is 2.84. The van der Waals surface area contributed by atoms with Gasteiger partial charge >= 0.3 is 6.18 Å². The van der Waals surface area contributed by atoms with E-state index in [-0.39, 0.29) is 11.6 Å². The molecule has 0 aromatic carbocycles. The Morgan fingerprint density at radius 1 is 1.45 bits per heavy atom. The van der Waals surface area contributed by atoms with Crippen LogP contribution in [0, 0.1) is 11.8 Å². The summed E-state index contributed by atoms with van der Waals surface area (Å²) >= 11 is 0. The van der Waals surface area contributed by atoms with Crippen molar-refractivity contribution >= 4 is 0 Å². The van der Waals surface area contributed by atoms with Crippen LogP contribution in [0.2, 0.25) is 0 Å². The second-order valence-corrected chi connectivity index (χ2v) is 1.72. The molecular weight excluding hydrogens is 153 g/mol. The summed E-state index contributed by atoms with van der Waals surface area (Å²) in [5.41, 5.74) is -0.111. The van der Waals surface area contributed by atoms with Gasteiger partial charge in [0.15, 0.2) is 0 Å². The first-order chi connectivity index (χ1) is 4.99. The van der Waals surface area contributed by atoms with E-state index in [4.69, 9.17) is 0 Å². The maximum Gasteiger partial charge on any atom is 0.410 e. The van der Waals surface area contributed by atoms with Crippen LogP contribution in [0.25, 0.3) is 0 Å². The van der Waals surface area contributed by atoms with Crippen molar-refractivity contribution in [2.75, 3.05) is 0 Å². The van der Waals surface area contributed by atoms with E-state index in [2.05, 4.69) is 18.4 Å². The van der Waals surface area contributed by atoms with E-state index in [0.717, 1.165) is 6.08 Å². The lowest BCUT2D eigenvalue weighted by molar-refractivity contribution is -0.0801. The number of hydrogen-bond acceptors (Lipinski definition) is 0. The van der Waals surface area contributed by atoms with Crippen LogP contribution in [-0.4, -0.2) is 6.18 Å². The van der Waals surface area contributed by atoms with E-state index < -0.39 is 6.18 Å². The Morgan fingerprint density at radius 3 is 2.27 bits per heavy atom. The Kier molecular flexibility index (Phi) is 3.46. The van der Waals surface area contributed by atoms with Crippen molar-refractivity contribution in [2.45, 2.75) is 13.1 Å². The maximum absolute atomic E-state index is 11.6. The molecule has 0 spiro atoms. The van der Waals surface area contributed by atoms with Crippen LogP contribution in [0.15, 0.2) is 24.3 Å². The zero-order valence-electron chi connectivity index (χ0n) is 6.00. The molecule has 11 heavy (non-hydrogen) atoms. The van der Waals surface area contributed by atoms with Gasteiger partial charge in [-0.2, -0.15) is 13.2 Å². The third kappa shape index (κ3) is 5.28. The highest BCUT2D eigenvalue weighted by molar-refractivity contribution is 5.37. The second kappa shape index (κ2) is 3.87. The fourth-order valence-electron chi connectivity index (χ4n) is 0.467. The molecule has 0 N–H and O–H groups in total. The zero-order valence-corrected chi connectivity index (χ0v) is 6.00. The Balaban J connectivity index is 4.58. The number of allylic oxidation sites excluding steroid dienone is 3. The lowest BCUT2D eigenvalue weighted by atomic mass is 10.2. The fraction of sp³-hybridized carbons (Fsp3) is 0.250. The molecule has 0 nitrogen and oxygen atoms in total. The molecule has 0 unspecified atom stereocenters. The summed E-state index contributed by atoms with van der Waals surface area (Å²) in [6.45, 7) is 4.66. The van der Waals surface area contributed by atoms with Crippen molar-refractivity contribution in [1.29, 1.82) is 0 Å². The monoisotopic (exact) mass is 160 g/mol. The van der Waals surface area contributed by atoms with Gasteiger partial charge in [-0.1, -0.05) is 18.6 Å². The molecule has 0 amide bonds. The normalized spacial score (nSPS) is 11.8. The molecule has 0 aliphatic heterocycles. The smallest absolute Gasteiger partial charge is 0.167 e. The Bertz CT molecular complexity index is 222. The molecule has 0 heterocycles. The predicted molar refractivity (Wildman–Crippen MR) is 37.8 cm³/mol. The number of rotatable bonds is 1. The zero-order chi connectivity index (χ0) is 8.91. The third-order valence-electron chi connectivity index (χ3n) is 0.808. The Morgan fingerprint density at radius 2 is 2.00 bits per heavy atom. The largest absolute Gasteiger partial charge is 0.410 e. The summed E-state index contributed by atoms with van der Waals surface area (Å²) in [4.78, 5) is 0. The average molecular weight is 160 g/mol. The van der Waals surface area contributed by atoms with Gasteiger partial charge in [0.1, 0.15) is 0 Å². The SMILES string of the molecule is C=C/C(C#CC)=C/C(F)(F)F. The van der Waals surface area contributed by atoms with E-state index in [1.165, 1.54) is 6.92 Å². The molecule has 0 aliphatic carbocycles. The van der Waals surface area contributed by atoms with E-state index >= 15 is 0 Å². The summed E-state index contributed by atoms with van der Waals surface area (Å²) in [5, 5.41) is 0. The second-order valence-electron chi connectivity index (χ2n) is 1.72. The van der Waals surface area contributed by atoms with Gasteiger partial charge in [0.2, 0.25) is 0 Å². The molecule has 0 aliphatic rings. The first-order valence-electron chi connectivity index (χ1n) is 2.84. The van der Waals surface area contributed by atoms with Crippen LogP contribution < -0.4 is 0 Å². The molecule has 0 aromatic rings. The fourth-order valence-corrected chi connectivity index (χ4v) is 0.467. The Hall–Kier alpha value is -1.17. The van der Waals surface area contributed by atoms with Gasteiger partial charge in [-0.15, -0.1) is 5.92 Å². The predicted octanol–water partition coefficient (Wildman–Crippen LogP) is 2.68. The lowest BCUT2D eigenvalue weighted by Gasteiger charge is -1.97. The summed E-state index contributed by atoms with van der Waals surface area (Å²) in [7, 11) is 0. The number of alkyl halides is 3. The van der Waals surface area contributed by atoms with Gasteiger partial charge in [-0.25, -0.2) is 0 Å². The average Bonchev–Trinajstić information content (AvgIpc) is 1.84. The highest BCUT2D eigenvalue weighted by atomic mass is 19.4. The molecule has 3 heteroatoms. The molecule has 0 fully saturated rings. The molecule has 0 saturated carbocycles. The summed E-state index contributed by atoms with van der Waals surface area (Å²) in [6, 6.07) is 0. The van der Waals surface area contributed by atoms with Gasteiger partial charge in [0.05, 0.1) is 0 Å². The molecule has 0 bridgehead atoms.